The average Bonchev–Trinajstić information content (AvgIpc) is 3.30. The normalized spacial score (nSPS) is 11.4. The number of para-hydroxylation sites is 1. The van der Waals surface area contributed by atoms with Gasteiger partial charge >= 0.3 is 0 Å². The van der Waals surface area contributed by atoms with Gasteiger partial charge in [-0.25, -0.2) is 9.67 Å². The first kappa shape index (κ1) is 15.0. The molecule has 2 heterocycles. The summed E-state index contributed by atoms with van der Waals surface area (Å²) in [6.45, 7) is 0.550. The Morgan fingerprint density at radius 2 is 2.12 bits per heavy atom. The zero-order valence-electron chi connectivity index (χ0n) is 13.5. The van der Waals surface area contributed by atoms with Crippen LogP contribution in [0.2, 0.25) is 0 Å². The van der Waals surface area contributed by atoms with Crippen molar-refractivity contribution in [1.82, 2.24) is 29.9 Å². The van der Waals surface area contributed by atoms with Gasteiger partial charge in [0.15, 0.2) is 0 Å². The maximum Gasteiger partial charge on any atom is 0.139 e. The van der Waals surface area contributed by atoms with Crippen molar-refractivity contribution in [3.63, 3.8) is 0 Å². The summed E-state index contributed by atoms with van der Waals surface area (Å²) in [4.78, 5) is 5.26. The van der Waals surface area contributed by atoms with Crippen molar-refractivity contribution in [2.75, 3.05) is 7.11 Å². The van der Waals surface area contributed by atoms with E-state index in [4.69, 9.17) is 4.74 Å². The molecule has 2 aromatic carbocycles. The molecular weight excluding hydrogens is 318 g/mol. The van der Waals surface area contributed by atoms with Crippen LogP contribution in [0.4, 0.5) is 0 Å². The highest BCUT2D eigenvalue weighted by Gasteiger charge is 2.09. The van der Waals surface area contributed by atoms with Gasteiger partial charge < -0.3 is 4.74 Å². The van der Waals surface area contributed by atoms with Gasteiger partial charge in [-0.15, -0.1) is 15.0 Å². The summed E-state index contributed by atoms with van der Waals surface area (Å²) in [5, 5.41) is 16.6. The quantitative estimate of drug-likeness (QED) is 0.521. The summed E-state index contributed by atoms with van der Waals surface area (Å²) in [5.74, 6) is 0.789. The molecule has 0 aliphatic heterocycles. The molecule has 2 aromatic heterocycles. The Morgan fingerprint density at radius 3 is 2.96 bits per heavy atom. The van der Waals surface area contributed by atoms with Gasteiger partial charge in [-0.3, -0.25) is 0 Å². The first-order valence-corrected chi connectivity index (χ1v) is 7.67. The van der Waals surface area contributed by atoms with Crippen LogP contribution in [0.3, 0.4) is 0 Å². The molecule has 8 heteroatoms. The molecule has 0 saturated carbocycles. The number of aromatic nitrogens is 6. The molecule has 25 heavy (non-hydrogen) atoms. The second kappa shape index (κ2) is 6.52. The zero-order valence-corrected chi connectivity index (χ0v) is 13.5. The molecule has 0 atom stereocenters. The fraction of sp³-hybridized carbons (Fsp3) is 0.118. The van der Waals surface area contributed by atoms with Gasteiger partial charge in [0.2, 0.25) is 0 Å². The van der Waals surface area contributed by atoms with Gasteiger partial charge in [0.25, 0.3) is 0 Å². The number of rotatable bonds is 5. The van der Waals surface area contributed by atoms with Gasteiger partial charge in [-0.2, -0.15) is 5.10 Å². The fourth-order valence-corrected chi connectivity index (χ4v) is 2.59. The van der Waals surface area contributed by atoms with Gasteiger partial charge in [0.05, 0.1) is 25.4 Å². The van der Waals surface area contributed by atoms with Crippen molar-refractivity contribution in [2.24, 2.45) is 5.10 Å². The van der Waals surface area contributed by atoms with Gasteiger partial charge in [-0.05, 0) is 35.9 Å². The third-order valence-electron chi connectivity index (χ3n) is 3.78. The number of methoxy groups -OCH3 is 1. The van der Waals surface area contributed by atoms with Gasteiger partial charge in [-0.1, -0.05) is 17.3 Å². The van der Waals surface area contributed by atoms with E-state index < -0.39 is 0 Å². The van der Waals surface area contributed by atoms with E-state index >= 15 is 0 Å². The van der Waals surface area contributed by atoms with Crippen LogP contribution >= 0.6 is 0 Å². The summed E-state index contributed by atoms with van der Waals surface area (Å²) in [5.41, 5.74) is 3.76. The van der Waals surface area contributed by atoms with E-state index in [0.29, 0.717) is 6.54 Å². The second-order valence-corrected chi connectivity index (χ2v) is 5.37. The van der Waals surface area contributed by atoms with E-state index in [-0.39, 0.29) is 0 Å². The van der Waals surface area contributed by atoms with Crippen LogP contribution in [-0.2, 0) is 6.54 Å². The van der Waals surface area contributed by atoms with Gasteiger partial charge in [0.1, 0.15) is 23.9 Å². The minimum Gasteiger partial charge on any atom is -0.496 e. The number of hydrogen-bond acceptors (Lipinski definition) is 6. The predicted molar refractivity (Wildman–Crippen MR) is 92.6 cm³/mol. The topological polar surface area (TPSA) is 83.0 Å². The van der Waals surface area contributed by atoms with Crippen LogP contribution in [0, 0.1) is 0 Å². The molecule has 0 N–H and O–H groups in total. The van der Waals surface area contributed by atoms with Crippen LogP contribution in [0.5, 0.6) is 5.75 Å². The van der Waals surface area contributed by atoms with Crippen LogP contribution in [0.25, 0.3) is 11.0 Å². The minimum absolute atomic E-state index is 0.550. The zero-order chi connectivity index (χ0) is 17.1. The number of nitrogens with zero attached hydrogens (tertiary/aromatic N) is 7. The highest BCUT2D eigenvalue weighted by Crippen LogP contribution is 2.22. The van der Waals surface area contributed by atoms with E-state index in [9.17, 15) is 0 Å². The third kappa shape index (κ3) is 3.09. The third-order valence-corrected chi connectivity index (χ3v) is 3.78. The number of hydrogen-bond donors (Lipinski definition) is 0. The van der Waals surface area contributed by atoms with Crippen molar-refractivity contribution in [3.05, 3.63) is 66.2 Å². The molecule has 0 amide bonds. The monoisotopic (exact) mass is 333 g/mol. The smallest absolute Gasteiger partial charge is 0.139 e. The molecule has 0 unspecified atom stereocenters. The minimum atomic E-state index is 0.550. The standard InChI is InChI=1S/C17H15N7O/c1-25-17-7-6-13(9-19-24-12-18-11-20-24)8-14(17)10-23-16-5-3-2-4-15(16)21-22-23/h2-9,11-12H,10H2,1H3/b19-9-. The first-order valence-electron chi connectivity index (χ1n) is 7.67. The molecule has 0 bridgehead atoms. The highest BCUT2D eigenvalue weighted by atomic mass is 16.5. The molecule has 4 aromatic rings. The maximum absolute atomic E-state index is 5.48. The first-order chi connectivity index (χ1) is 12.3. The lowest BCUT2D eigenvalue weighted by atomic mass is 10.1. The molecule has 4 rings (SSSR count). The molecule has 0 fully saturated rings. The maximum atomic E-state index is 5.48. The SMILES string of the molecule is COc1ccc(/C=N\n2cncn2)cc1Cn1nnc2ccccc21. The Morgan fingerprint density at radius 1 is 1.20 bits per heavy atom. The van der Waals surface area contributed by atoms with Crippen LogP contribution < -0.4 is 4.74 Å². The van der Waals surface area contributed by atoms with E-state index in [1.54, 1.807) is 13.3 Å². The van der Waals surface area contributed by atoms with E-state index in [2.05, 4.69) is 25.5 Å². The lowest BCUT2D eigenvalue weighted by Gasteiger charge is -2.10. The Balaban J connectivity index is 1.66. The summed E-state index contributed by atoms with van der Waals surface area (Å²) in [7, 11) is 1.65. The molecule has 124 valence electrons. The summed E-state index contributed by atoms with van der Waals surface area (Å²) in [6.07, 6.45) is 4.69. The lowest BCUT2D eigenvalue weighted by Crippen LogP contribution is -2.04. The van der Waals surface area contributed by atoms with Gasteiger partial charge in [0, 0.05) is 5.56 Å². The predicted octanol–water partition coefficient (Wildman–Crippen LogP) is 1.96. The molecule has 0 aliphatic carbocycles. The number of ether oxygens (including phenoxy) is 1. The lowest BCUT2D eigenvalue weighted by molar-refractivity contribution is 0.407. The Labute approximate surface area is 143 Å². The number of fused-ring (bicyclic) bond motifs is 1. The van der Waals surface area contributed by atoms with Crippen LogP contribution in [-0.4, -0.2) is 43.2 Å². The Bertz CT molecular complexity index is 1020. The van der Waals surface area contributed by atoms with E-state index in [0.717, 1.165) is 27.9 Å². The van der Waals surface area contributed by atoms with Crippen LogP contribution in [0.1, 0.15) is 11.1 Å². The Kier molecular flexibility index (Phi) is 3.91. The highest BCUT2D eigenvalue weighted by molar-refractivity contribution is 5.80. The van der Waals surface area contributed by atoms with Crippen molar-refractivity contribution in [2.45, 2.75) is 6.54 Å². The molecule has 0 radical (unpaired) electrons. The fourth-order valence-electron chi connectivity index (χ4n) is 2.59. The van der Waals surface area contributed by atoms with Crippen molar-refractivity contribution >= 4 is 17.2 Å². The average molecular weight is 333 g/mol. The Hall–Kier alpha value is -3.55. The molecular formula is C17H15N7O. The van der Waals surface area contributed by atoms with Crippen molar-refractivity contribution in [1.29, 1.82) is 0 Å². The van der Waals surface area contributed by atoms with E-state index in [1.807, 2.05) is 47.1 Å². The van der Waals surface area contributed by atoms with Crippen molar-refractivity contribution in [3.8, 4) is 5.75 Å². The molecule has 0 aliphatic rings. The summed E-state index contributed by atoms with van der Waals surface area (Å²) in [6, 6.07) is 13.7. The summed E-state index contributed by atoms with van der Waals surface area (Å²) >= 11 is 0. The second-order valence-electron chi connectivity index (χ2n) is 5.37. The summed E-state index contributed by atoms with van der Waals surface area (Å²) < 4.78 is 7.33. The van der Waals surface area contributed by atoms with Crippen LogP contribution in [0.15, 0.2) is 60.2 Å². The largest absolute Gasteiger partial charge is 0.496 e. The molecule has 0 saturated heterocycles. The molecule has 8 nitrogen and oxygen atoms in total. The number of benzene rings is 2. The van der Waals surface area contributed by atoms with E-state index in [1.165, 1.54) is 17.4 Å². The van der Waals surface area contributed by atoms with Crippen molar-refractivity contribution < 1.29 is 4.74 Å². The molecule has 0 spiro atoms.